The molecule has 2 rings (SSSR count). The highest BCUT2D eigenvalue weighted by Crippen LogP contribution is 2.23. The zero-order chi connectivity index (χ0) is 16.7. The van der Waals surface area contributed by atoms with Crippen molar-refractivity contribution in [1.29, 1.82) is 0 Å². The number of rotatable bonds is 6. The van der Waals surface area contributed by atoms with Crippen LogP contribution < -0.4 is 10.6 Å². The summed E-state index contributed by atoms with van der Waals surface area (Å²) < 4.78 is 4.89. The highest BCUT2D eigenvalue weighted by molar-refractivity contribution is 7.12. The summed E-state index contributed by atoms with van der Waals surface area (Å²) in [6, 6.07) is 3.59. The maximum Gasteiger partial charge on any atom is 0.325 e. The Morgan fingerprint density at radius 1 is 1.30 bits per heavy atom. The Morgan fingerprint density at radius 2 is 2.09 bits per heavy atom. The summed E-state index contributed by atoms with van der Waals surface area (Å²) >= 11 is 1.29. The summed E-state index contributed by atoms with van der Waals surface area (Å²) in [6.07, 6.45) is 4.40. The Kier molecular flexibility index (Phi) is 6.58. The predicted molar refractivity (Wildman–Crippen MR) is 87.2 cm³/mol. The van der Waals surface area contributed by atoms with E-state index in [4.69, 9.17) is 4.74 Å². The van der Waals surface area contributed by atoms with E-state index in [1.54, 1.807) is 17.5 Å². The number of hydrogen-bond donors (Lipinski definition) is 2. The fraction of sp³-hybridized carbons (Fsp3) is 0.562. The highest BCUT2D eigenvalue weighted by atomic mass is 32.1. The van der Waals surface area contributed by atoms with Gasteiger partial charge in [0.2, 0.25) is 0 Å². The molecule has 23 heavy (non-hydrogen) atoms. The lowest BCUT2D eigenvalue weighted by molar-refractivity contribution is -0.147. The first-order valence-corrected chi connectivity index (χ1v) is 8.71. The van der Waals surface area contributed by atoms with Crippen LogP contribution in [0.25, 0.3) is 0 Å². The van der Waals surface area contributed by atoms with E-state index < -0.39 is 5.97 Å². The standard InChI is InChI=1S/C16H22N2O4S/c1-11-5-2-3-6-12(11)18-14(19)10-22-15(20)9-17-16(21)13-7-4-8-23-13/h4,7-8,11-12H,2-3,5-6,9-10H2,1H3,(H,17,21)(H,18,19)/t11-,12+/m1/s1. The largest absolute Gasteiger partial charge is 0.454 e. The normalized spacial score (nSPS) is 20.6. The van der Waals surface area contributed by atoms with Gasteiger partial charge < -0.3 is 15.4 Å². The molecule has 1 fully saturated rings. The van der Waals surface area contributed by atoms with E-state index >= 15 is 0 Å². The molecular weight excluding hydrogens is 316 g/mol. The summed E-state index contributed by atoms with van der Waals surface area (Å²) in [5.41, 5.74) is 0. The third-order valence-electron chi connectivity index (χ3n) is 3.96. The van der Waals surface area contributed by atoms with Gasteiger partial charge in [-0.15, -0.1) is 11.3 Å². The van der Waals surface area contributed by atoms with Gasteiger partial charge in [-0.25, -0.2) is 0 Å². The summed E-state index contributed by atoms with van der Waals surface area (Å²) in [7, 11) is 0. The molecule has 1 aliphatic carbocycles. The van der Waals surface area contributed by atoms with E-state index in [1.165, 1.54) is 17.8 Å². The van der Waals surface area contributed by atoms with Crippen molar-refractivity contribution in [1.82, 2.24) is 10.6 Å². The van der Waals surface area contributed by atoms with Gasteiger partial charge in [0.25, 0.3) is 11.8 Å². The molecule has 2 atom stereocenters. The van der Waals surface area contributed by atoms with Crippen LogP contribution in [0.2, 0.25) is 0 Å². The lowest BCUT2D eigenvalue weighted by atomic mass is 9.86. The van der Waals surface area contributed by atoms with E-state index in [1.807, 2.05) is 0 Å². The van der Waals surface area contributed by atoms with Crippen molar-refractivity contribution in [2.45, 2.75) is 38.6 Å². The number of carbonyl (C=O) groups excluding carboxylic acids is 3. The molecule has 2 N–H and O–H groups in total. The molecule has 1 heterocycles. The summed E-state index contributed by atoms with van der Waals surface area (Å²) in [4.78, 5) is 35.6. The second-order valence-electron chi connectivity index (χ2n) is 5.76. The van der Waals surface area contributed by atoms with Crippen LogP contribution in [0.3, 0.4) is 0 Å². The van der Waals surface area contributed by atoms with Crippen molar-refractivity contribution in [3.8, 4) is 0 Å². The number of amides is 2. The van der Waals surface area contributed by atoms with Gasteiger partial charge >= 0.3 is 5.97 Å². The van der Waals surface area contributed by atoms with Gasteiger partial charge in [-0.05, 0) is 30.2 Å². The highest BCUT2D eigenvalue weighted by Gasteiger charge is 2.23. The molecule has 6 nitrogen and oxygen atoms in total. The first kappa shape index (κ1) is 17.5. The minimum absolute atomic E-state index is 0.161. The van der Waals surface area contributed by atoms with Crippen molar-refractivity contribution in [2.24, 2.45) is 5.92 Å². The number of ether oxygens (including phenoxy) is 1. The van der Waals surface area contributed by atoms with Crippen LogP contribution in [0.4, 0.5) is 0 Å². The average Bonchev–Trinajstić information content (AvgIpc) is 3.07. The Balaban J connectivity index is 1.63. The number of carbonyl (C=O) groups is 3. The Bertz CT molecular complexity index is 544. The third kappa shape index (κ3) is 5.67. The van der Waals surface area contributed by atoms with Crippen LogP contribution in [0.15, 0.2) is 17.5 Å². The second kappa shape index (κ2) is 8.67. The van der Waals surface area contributed by atoms with Gasteiger partial charge in [0.05, 0.1) is 4.88 Å². The zero-order valence-electron chi connectivity index (χ0n) is 13.2. The molecule has 1 aliphatic rings. The monoisotopic (exact) mass is 338 g/mol. The molecule has 0 aromatic carbocycles. The van der Waals surface area contributed by atoms with E-state index in [0.29, 0.717) is 10.8 Å². The maximum absolute atomic E-state index is 11.8. The number of thiophene rings is 1. The second-order valence-corrected chi connectivity index (χ2v) is 6.70. The Hall–Kier alpha value is -1.89. The number of esters is 1. The minimum Gasteiger partial charge on any atom is -0.454 e. The van der Waals surface area contributed by atoms with Gasteiger partial charge in [-0.3, -0.25) is 14.4 Å². The SMILES string of the molecule is C[C@@H]1CCCC[C@@H]1NC(=O)COC(=O)CNC(=O)c1cccs1. The third-order valence-corrected chi connectivity index (χ3v) is 4.83. The van der Waals surface area contributed by atoms with Crippen molar-refractivity contribution in [2.75, 3.05) is 13.2 Å². The van der Waals surface area contributed by atoms with Crippen LogP contribution in [-0.2, 0) is 14.3 Å². The molecule has 1 aromatic heterocycles. The molecule has 0 saturated heterocycles. The number of nitrogens with one attached hydrogen (secondary N) is 2. The van der Waals surface area contributed by atoms with Gasteiger partial charge in [-0.2, -0.15) is 0 Å². The smallest absolute Gasteiger partial charge is 0.325 e. The summed E-state index contributed by atoms with van der Waals surface area (Å²) in [5.74, 6) is -0.783. The number of hydrogen-bond acceptors (Lipinski definition) is 5. The average molecular weight is 338 g/mol. The van der Waals surface area contributed by atoms with Crippen LogP contribution in [0.5, 0.6) is 0 Å². The summed E-state index contributed by atoms with van der Waals surface area (Å²) in [6.45, 7) is 1.57. The molecule has 7 heteroatoms. The maximum atomic E-state index is 11.8. The van der Waals surface area contributed by atoms with Crippen LogP contribution in [0.1, 0.15) is 42.3 Å². The molecule has 0 aliphatic heterocycles. The van der Waals surface area contributed by atoms with Gasteiger partial charge in [0.1, 0.15) is 6.54 Å². The van der Waals surface area contributed by atoms with Crippen molar-refractivity contribution in [3.63, 3.8) is 0 Å². The molecule has 0 bridgehead atoms. The van der Waals surface area contributed by atoms with Crippen LogP contribution >= 0.6 is 11.3 Å². The Morgan fingerprint density at radius 3 is 2.78 bits per heavy atom. The topological polar surface area (TPSA) is 84.5 Å². The van der Waals surface area contributed by atoms with Crippen molar-refractivity contribution in [3.05, 3.63) is 22.4 Å². The van der Waals surface area contributed by atoms with E-state index in [2.05, 4.69) is 17.6 Å². The van der Waals surface area contributed by atoms with Gasteiger partial charge in [-0.1, -0.05) is 25.8 Å². The van der Waals surface area contributed by atoms with E-state index in [9.17, 15) is 14.4 Å². The fourth-order valence-electron chi connectivity index (χ4n) is 2.62. The Labute approximate surface area is 139 Å². The minimum atomic E-state index is -0.623. The zero-order valence-corrected chi connectivity index (χ0v) is 14.0. The van der Waals surface area contributed by atoms with E-state index in [-0.39, 0.29) is 31.0 Å². The molecule has 1 saturated carbocycles. The van der Waals surface area contributed by atoms with Crippen molar-refractivity contribution < 1.29 is 19.1 Å². The van der Waals surface area contributed by atoms with E-state index in [0.717, 1.165) is 19.3 Å². The lowest BCUT2D eigenvalue weighted by Gasteiger charge is -2.29. The molecule has 0 spiro atoms. The first-order valence-electron chi connectivity index (χ1n) is 7.83. The van der Waals surface area contributed by atoms with Crippen LogP contribution in [0, 0.1) is 5.92 Å². The molecule has 1 aromatic rings. The van der Waals surface area contributed by atoms with Crippen LogP contribution in [-0.4, -0.2) is 37.0 Å². The lowest BCUT2D eigenvalue weighted by Crippen LogP contribution is -2.43. The van der Waals surface area contributed by atoms with Gasteiger partial charge in [0.15, 0.2) is 6.61 Å². The van der Waals surface area contributed by atoms with Crippen molar-refractivity contribution >= 4 is 29.1 Å². The molecule has 0 unspecified atom stereocenters. The fourth-order valence-corrected chi connectivity index (χ4v) is 3.26. The molecule has 126 valence electrons. The quantitative estimate of drug-likeness (QED) is 0.774. The van der Waals surface area contributed by atoms with Gasteiger partial charge in [0, 0.05) is 6.04 Å². The predicted octanol–water partition coefficient (Wildman–Crippen LogP) is 1.72. The molecule has 0 radical (unpaired) electrons. The first-order chi connectivity index (χ1) is 11.1. The summed E-state index contributed by atoms with van der Waals surface area (Å²) in [5, 5.41) is 7.15. The molecule has 2 amide bonds. The molecular formula is C16H22N2O4S.